The highest BCUT2D eigenvalue weighted by atomic mass is 35.5. The highest BCUT2D eigenvalue weighted by Crippen LogP contribution is 2.35. The smallest absolute Gasteiger partial charge is 0.396 e. The summed E-state index contributed by atoms with van der Waals surface area (Å²) in [6.07, 6.45) is -4.03. The number of hydrogen-bond acceptors (Lipinski definition) is 1. The fourth-order valence-corrected chi connectivity index (χ4v) is 1.96. The summed E-state index contributed by atoms with van der Waals surface area (Å²) >= 11 is 5.54. The molecule has 18 heavy (non-hydrogen) atoms. The number of halogens is 4. The van der Waals surface area contributed by atoms with Crippen LogP contribution in [0.25, 0.3) is 0 Å². The van der Waals surface area contributed by atoms with Crippen molar-refractivity contribution in [1.82, 2.24) is 0 Å². The zero-order chi connectivity index (χ0) is 13.9. The van der Waals surface area contributed by atoms with Crippen LogP contribution in [0.5, 0.6) is 0 Å². The number of aliphatic hydroxyl groups excluding tert-OH is 1. The van der Waals surface area contributed by atoms with Gasteiger partial charge in [-0.1, -0.05) is 31.5 Å². The van der Waals surface area contributed by atoms with Crippen LogP contribution in [0.15, 0.2) is 18.2 Å². The van der Waals surface area contributed by atoms with E-state index >= 15 is 0 Å². The first kappa shape index (κ1) is 15.3. The van der Waals surface area contributed by atoms with Gasteiger partial charge in [-0.3, -0.25) is 0 Å². The van der Waals surface area contributed by atoms with Crippen LogP contribution >= 0.6 is 11.6 Å². The molecular weight excluding hydrogens is 265 g/mol. The normalized spacial score (nSPS) is 14.0. The lowest BCUT2D eigenvalue weighted by Crippen LogP contribution is -2.17. The van der Waals surface area contributed by atoms with E-state index in [2.05, 4.69) is 0 Å². The molecule has 0 saturated heterocycles. The minimum Gasteiger partial charge on any atom is -0.396 e. The maximum Gasteiger partial charge on any atom is 0.417 e. The number of rotatable bonds is 4. The molecule has 0 aliphatic rings. The Balaban J connectivity index is 2.99. The van der Waals surface area contributed by atoms with Crippen molar-refractivity contribution in [2.75, 3.05) is 6.61 Å². The van der Waals surface area contributed by atoms with Crippen LogP contribution in [0.4, 0.5) is 13.2 Å². The van der Waals surface area contributed by atoms with Gasteiger partial charge in [0.1, 0.15) is 0 Å². The average Bonchev–Trinajstić information content (AvgIpc) is 2.25. The molecule has 0 saturated carbocycles. The van der Waals surface area contributed by atoms with Crippen molar-refractivity contribution < 1.29 is 18.3 Å². The van der Waals surface area contributed by atoms with Gasteiger partial charge in [0.05, 0.1) is 10.6 Å². The molecule has 102 valence electrons. The Morgan fingerprint density at radius 1 is 1.28 bits per heavy atom. The second-order valence-electron chi connectivity index (χ2n) is 4.70. The molecule has 1 nitrogen and oxygen atoms in total. The van der Waals surface area contributed by atoms with E-state index in [0.29, 0.717) is 12.0 Å². The van der Waals surface area contributed by atoms with E-state index < -0.39 is 11.7 Å². The van der Waals surface area contributed by atoms with Gasteiger partial charge in [0, 0.05) is 6.61 Å². The van der Waals surface area contributed by atoms with Crippen LogP contribution in [0.3, 0.4) is 0 Å². The lowest BCUT2D eigenvalue weighted by atomic mass is 9.89. The molecule has 0 aliphatic heterocycles. The molecule has 1 aromatic carbocycles. The van der Waals surface area contributed by atoms with E-state index in [-0.39, 0.29) is 23.5 Å². The molecule has 1 N–H and O–H groups in total. The van der Waals surface area contributed by atoms with Gasteiger partial charge in [0.15, 0.2) is 0 Å². The molecular formula is C13H16ClF3O. The topological polar surface area (TPSA) is 20.2 Å². The molecule has 0 aromatic heterocycles. The van der Waals surface area contributed by atoms with E-state index in [4.69, 9.17) is 11.6 Å². The third-order valence-corrected chi connectivity index (χ3v) is 3.34. The summed E-state index contributed by atoms with van der Waals surface area (Å²) in [5, 5.41) is 8.90. The van der Waals surface area contributed by atoms with Gasteiger partial charge in [-0.15, -0.1) is 0 Å². The van der Waals surface area contributed by atoms with Gasteiger partial charge in [-0.05, 0) is 36.0 Å². The average molecular weight is 281 g/mol. The molecule has 5 heteroatoms. The van der Waals surface area contributed by atoms with Gasteiger partial charge in [0.2, 0.25) is 0 Å². The van der Waals surface area contributed by atoms with Gasteiger partial charge in [-0.25, -0.2) is 0 Å². The van der Waals surface area contributed by atoms with Crippen molar-refractivity contribution in [2.45, 2.75) is 26.4 Å². The highest BCUT2D eigenvalue weighted by molar-refractivity contribution is 6.31. The van der Waals surface area contributed by atoms with Gasteiger partial charge < -0.3 is 5.11 Å². The van der Waals surface area contributed by atoms with Crippen LogP contribution in [0.2, 0.25) is 5.02 Å². The van der Waals surface area contributed by atoms with Crippen molar-refractivity contribution >= 4 is 11.6 Å². The quantitative estimate of drug-likeness (QED) is 0.878. The summed E-state index contributed by atoms with van der Waals surface area (Å²) in [6.45, 7) is 3.82. The van der Waals surface area contributed by atoms with Crippen LogP contribution < -0.4 is 0 Å². The lowest BCUT2D eigenvalue weighted by molar-refractivity contribution is -0.137. The maximum atomic E-state index is 12.7. The first-order valence-corrected chi connectivity index (χ1v) is 6.10. The fraction of sp³-hybridized carbons (Fsp3) is 0.538. The Bertz CT molecular complexity index is 402. The summed E-state index contributed by atoms with van der Waals surface area (Å²) < 4.78 is 38.0. The summed E-state index contributed by atoms with van der Waals surface area (Å²) in [6, 6.07) is 3.89. The van der Waals surface area contributed by atoms with E-state index in [1.807, 2.05) is 13.8 Å². The second kappa shape index (κ2) is 5.93. The van der Waals surface area contributed by atoms with Crippen LogP contribution in [0, 0.1) is 11.8 Å². The van der Waals surface area contributed by atoms with Crippen molar-refractivity contribution in [3.8, 4) is 0 Å². The minimum absolute atomic E-state index is 0.0400. The second-order valence-corrected chi connectivity index (χ2v) is 5.11. The van der Waals surface area contributed by atoms with Gasteiger partial charge in [-0.2, -0.15) is 13.2 Å². The Kier molecular flexibility index (Phi) is 5.05. The third-order valence-electron chi connectivity index (χ3n) is 3.01. The largest absolute Gasteiger partial charge is 0.417 e. The molecule has 0 radical (unpaired) electrons. The SMILES string of the molecule is CC(C)[C@H](CO)Cc1ccc(Cl)c(C(F)(F)F)c1. The van der Waals surface area contributed by atoms with Crippen LogP contribution in [-0.2, 0) is 12.6 Å². The molecule has 0 aliphatic carbocycles. The first-order valence-electron chi connectivity index (χ1n) is 5.72. The van der Waals surface area contributed by atoms with Crippen molar-refractivity contribution in [1.29, 1.82) is 0 Å². The Labute approximate surface area is 110 Å². The summed E-state index contributed by atoms with van der Waals surface area (Å²) in [5.74, 6) is 0.160. The number of benzene rings is 1. The molecule has 1 atom stereocenters. The standard InChI is InChI=1S/C13H16ClF3O/c1-8(2)10(7-18)5-9-3-4-12(14)11(6-9)13(15,16)17/h3-4,6,8,10,18H,5,7H2,1-2H3/t10-/m0/s1. The zero-order valence-corrected chi connectivity index (χ0v) is 11.0. The Hall–Kier alpha value is -0.740. The molecule has 0 bridgehead atoms. The third kappa shape index (κ3) is 3.89. The monoisotopic (exact) mass is 280 g/mol. The first-order chi connectivity index (χ1) is 8.25. The summed E-state index contributed by atoms with van der Waals surface area (Å²) in [5.41, 5.74) is -0.276. The van der Waals surface area contributed by atoms with Crippen molar-refractivity contribution in [3.05, 3.63) is 34.3 Å². The Morgan fingerprint density at radius 3 is 2.33 bits per heavy atom. The number of aliphatic hydroxyl groups is 1. The fourth-order valence-electron chi connectivity index (χ4n) is 1.73. The molecule has 0 heterocycles. The maximum absolute atomic E-state index is 12.7. The van der Waals surface area contributed by atoms with E-state index in [1.165, 1.54) is 6.07 Å². The molecule has 0 amide bonds. The lowest BCUT2D eigenvalue weighted by Gasteiger charge is -2.19. The molecule has 1 aromatic rings. The number of hydrogen-bond donors (Lipinski definition) is 1. The molecule has 0 unspecified atom stereocenters. The van der Waals surface area contributed by atoms with Crippen molar-refractivity contribution in [2.24, 2.45) is 11.8 Å². The molecule has 0 spiro atoms. The van der Waals surface area contributed by atoms with Gasteiger partial charge in [0.25, 0.3) is 0 Å². The summed E-state index contributed by atoms with van der Waals surface area (Å²) in [7, 11) is 0. The molecule has 1 rings (SSSR count). The van der Waals surface area contributed by atoms with Gasteiger partial charge >= 0.3 is 6.18 Å². The Morgan fingerprint density at radius 2 is 1.89 bits per heavy atom. The van der Waals surface area contributed by atoms with Crippen molar-refractivity contribution in [3.63, 3.8) is 0 Å². The van der Waals surface area contributed by atoms with Crippen LogP contribution in [0.1, 0.15) is 25.0 Å². The van der Waals surface area contributed by atoms with Crippen LogP contribution in [-0.4, -0.2) is 11.7 Å². The predicted octanol–water partition coefficient (Wildman–Crippen LogP) is 4.17. The predicted molar refractivity (Wildman–Crippen MR) is 65.6 cm³/mol. The molecule has 0 fully saturated rings. The van der Waals surface area contributed by atoms with E-state index in [9.17, 15) is 18.3 Å². The summed E-state index contributed by atoms with van der Waals surface area (Å²) in [4.78, 5) is 0. The highest BCUT2D eigenvalue weighted by Gasteiger charge is 2.33. The zero-order valence-electron chi connectivity index (χ0n) is 10.3. The van der Waals surface area contributed by atoms with E-state index in [1.54, 1.807) is 6.07 Å². The minimum atomic E-state index is -4.44. The van der Waals surface area contributed by atoms with E-state index in [0.717, 1.165) is 6.07 Å². The number of alkyl halides is 3.